The minimum Gasteiger partial charge on any atom is -0.358 e. The third-order valence-corrected chi connectivity index (χ3v) is 2.82. The van der Waals surface area contributed by atoms with E-state index in [0.717, 1.165) is 6.42 Å². The first-order valence-corrected chi connectivity index (χ1v) is 5.52. The lowest BCUT2D eigenvalue weighted by Crippen LogP contribution is -1.86. The van der Waals surface area contributed by atoms with Gasteiger partial charge >= 0.3 is 0 Å². The Hall–Kier alpha value is -1.73. The van der Waals surface area contributed by atoms with Crippen LogP contribution in [0.25, 0.3) is 10.9 Å². The van der Waals surface area contributed by atoms with Crippen molar-refractivity contribution in [2.75, 3.05) is 0 Å². The molecule has 86 valence electrons. The van der Waals surface area contributed by atoms with E-state index in [-0.39, 0.29) is 12.4 Å². The summed E-state index contributed by atoms with van der Waals surface area (Å²) in [7, 11) is 0. The van der Waals surface area contributed by atoms with Crippen molar-refractivity contribution in [3.8, 4) is 0 Å². The van der Waals surface area contributed by atoms with Crippen LogP contribution in [-0.2, 0) is 6.42 Å². The quantitative estimate of drug-likeness (QED) is 0.695. The maximum Gasteiger partial charge on any atom is 0.0456 e. The molecule has 0 aliphatic rings. The van der Waals surface area contributed by atoms with Crippen molar-refractivity contribution in [1.82, 2.24) is 4.98 Å². The van der Waals surface area contributed by atoms with Crippen LogP contribution in [0.3, 0.4) is 0 Å². The van der Waals surface area contributed by atoms with Crippen LogP contribution in [0.1, 0.15) is 11.3 Å². The highest BCUT2D eigenvalue weighted by Crippen LogP contribution is 2.17. The highest BCUT2D eigenvalue weighted by Gasteiger charge is 2.00. The summed E-state index contributed by atoms with van der Waals surface area (Å²) in [4.78, 5) is 3.44. The van der Waals surface area contributed by atoms with E-state index in [0.29, 0.717) is 0 Å². The highest BCUT2D eigenvalue weighted by molar-refractivity contribution is 5.85. The van der Waals surface area contributed by atoms with Crippen LogP contribution in [0.4, 0.5) is 0 Å². The van der Waals surface area contributed by atoms with Crippen LogP contribution < -0.4 is 0 Å². The average molecular weight is 244 g/mol. The Kier molecular flexibility index (Phi) is 3.50. The fourth-order valence-electron chi connectivity index (χ4n) is 2.04. The predicted octanol–water partition coefficient (Wildman–Crippen LogP) is 4.18. The molecule has 3 rings (SSSR count). The summed E-state index contributed by atoms with van der Waals surface area (Å²) in [6.07, 6.45) is 0.968. The van der Waals surface area contributed by atoms with Gasteiger partial charge in [-0.15, -0.1) is 12.4 Å². The maximum absolute atomic E-state index is 3.44. The normalized spacial score (nSPS) is 10.1. The van der Waals surface area contributed by atoms with E-state index in [2.05, 4.69) is 65.6 Å². The molecule has 2 heteroatoms. The van der Waals surface area contributed by atoms with Gasteiger partial charge in [0.2, 0.25) is 0 Å². The van der Waals surface area contributed by atoms with Crippen molar-refractivity contribution in [2.24, 2.45) is 0 Å². The minimum absolute atomic E-state index is 0. The number of para-hydroxylation sites is 1. The molecular weight excluding hydrogens is 230 g/mol. The summed E-state index contributed by atoms with van der Waals surface area (Å²) in [5.74, 6) is 0. The van der Waals surface area contributed by atoms with Crippen LogP contribution in [-0.4, -0.2) is 4.98 Å². The molecule has 1 N–H and O–H groups in total. The van der Waals surface area contributed by atoms with Gasteiger partial charge < -0.3 is 4.98 Å². The summed E-state index contributed by atoms with van der Waals surface area (Å²) >= 11 is 0. The number of H-pyrrole nitrogens is 1. The molecule has 2 aromatic carbocycles. The lowest BCUT2D eigenvalue weighted by atomic mass is 10.1. The van der Waals surface area contributed by atoms with Gasteiger partial charge in [0, 0.05) is 17.6 Å². The van der Waals surface area contributed by atoms with Gasteiger partial charge in [-0.2, -0.15) is 0 Å². The first-order chi connectivity index (χ1) is 7.92. The number of fused-ring (bicyclic) bond motifs is 1. The van der Waals surface area contributed by atoms with E-state index < -0.39 is 0 Å². The Morgan fingerprint density at radius 1 is 0.824 bits per heavy atom. The summed E-state index contributed by atoms with van der Waals surface area (Å²) in [6.45, 7) is 0. The molecule has 0 unspecified atom stereocenters. The SMILES string of the molecule is Cl.c1ccc(Cc2cc3ccccc3[nH]2)cc1. The monoisotopic (exact) mass is 243 g/mol. The van der Waals surface area contributed by atoms with Crippen LogP contribution in [0, 0.1) is 0 Å². The minimum atomic E-state index is 0. The van der Waals surface area contributed by atoms with Crippen molar-refractivity contribution >= 4 is 23.3 Å². The molecular formula is C15H14ClN. The smallest absolute Gasteiger partial charge is 0.0456 e. The van der Waals surface area contributed by atoms with Crippen molar-refractivity contribution in [3.05, 3.63) is 71.9 Å². The maximum atomic E-state index is 3.44. The van der Waals surface area contributed by atoms with E-state index >= 15 is 0 Å². The Morgan fingerprint density at radius 2 is 1.53 bits per heavy atom. The summed E-state index contributed by atoms with van der Waals surface area (Å²) in [5.41, 5.74) is 3.83. The van der Waals surface area contributed by atoms with E-state index in [4.69, 9.17) is 0 Å². The second kappa shape index (κ2) is 5.07. The first kappa shape index (κ1) is 11.7. The zero-order chi connectivity index (χ0) is 10.8. The molecule has 0 atom stereocenters. The standard InChI is InChI=1S/C15H13N.ClH/c1-2-6-12(7-3-1)10-14-11-13-8-4-5-9-15(13)16-14;/h1-9,11,16H,10H2;1H. The number of halogens is 1. The van der Waals surface area contributed by atoms with Crippen LogP contribution in [0.5, 0.6) is 0 Å². The number of hydrogen-bond donors (Lipinski definition) is 1. The zero-order valence-electron chi connectivity index (χ0n) is 9.39. The van der Waals surface area contributed by atoms with E-state index in [9.17, 15) is 0 Å². The summed E-state index contributed by atoms with van der Waals surface area (Å²) < 4.78 is 0. The lowest BCUT2D eigenvalue weighted by molar-refractivity contribution is 1.12. The summed E-state index contributed by atoms with van der Waals surface area (Å²) in [6, 6.07) is 21.1. The van der Waals surface area contributed by atoms with Gasteiger partial charge in [0.1, 0.15) is 0 Å². The van der Waals surface area contributed by atoms with Gasteiger partial charge in [-0.1, -0.05) is 48.5 Å². The Labute approximate surface area is 107 Å². The van der Waals surface area contributed by atoms with E-state index in [1.54, 1.807) is 0 Å². The number of aromatic nitrogens is 1. The van der Waals surface area contributed by atoms with Gasteiger partial charge in [0.25, 0.3) is 0 Å². The molecule has 17 heavy (non-hydrogen) atoms. The topological polar surface area (TPSA) is 15.8 Å². The van der Waals surface area contributed by atoms with Gasteiger partial charge in [-0.25, -0.2) is 0 Å². The molecule has 0 fully saturated rings. The summed E-state index contributed by atoms with van der Waals surface area (Å²) in [5, 5.41) is 1.29. The molecule has 0 bridgehead atoms. The number of rotatable bonds is 2. The van der Waals surface area contributed by atoms with Crippen molar-refractivity contribution in [1.29, 1.82) is 0 Å². The highest BCUT2D eigenvalue weighted by atomic mass is 35.5. The van der Waals surface area contributed by atoms with Crippen LogP contribution >= 0.6 is 12.4 Å². The number of aromatic amines is 1. The fraction of sp³-hybridized carbons (Fsp3) is 0.0667. The van der Waals surface area contributed by atoms with Gasteiger partial charge in [0.15, 0.2) is 0 Å². The van der Waals surface area contributed by atoms with Crippen LogP contribution in [0.2, 0.25) is 0 Å². The van der Waals surface area contributed by atoms with Gasteiger partial charge in [-0.3, -0.25) is 0 Å². The Bertz CT molecular complexity index is 565. The van der Waals surface area contributed by atoms with Crippen molar-refractivity contribution in [2.45, 2.75) is 6.42 Å². The fourth-order valence-corrected chi connectivity index (χ4v) is 2.04. The molecule has 0 aliphatic heterocycles. The third-order valence-electron chi connectivity index (χ3n) is 2.82. The zero-order valence-corrected chi connectivity index (χ0v) is 10.2. The second-order valence-electron chi connectivity index (χ2n) is 4.04. The van der Waals surface area contributed by atoms with Crippen molar-refractivity contribution in [3.63, 3.8) is 0 Å². The molecule has 0 saturated carbocycles. The number of benzene rings is 2. The Morgan fingerprint density at radius 3 is 2.29 bits per heavy atom. The molecule has 1 heterocycles. The van der Waals surface area contributed by atoms with Crippen LogP contribution in [0.15, 0.2) is 60.7 Å². The van der Waals surface area contributed by atoms with E-state index in [1.807, 2.05) is 0 Å². The molecule has 1 aromatic heterocycles. The van der Waals surface area contributed by atoms with E-state index in [1.165, 1.54) is 22.2 Å². The third kappa shape index (κ3) is 2.51. The second-order valence-corrected chi connectivity index (χ2v) is 4.04. The largest absolute Gasteiger partial charge is 0.358 e. The number of hydrogen-bond acceptors (Lipinski definition) is 0. The number of nitrogens with one attached hydrogen (secondary N) is 1. The lowest BCUT2D eigenvalue weighted by Gasteiger charge is -1.97. The predicted molar refractivity (Wildman–Crippen MR) is 74.8 cm³/mol. The molecule has 0 spiro atoms. The molecule has 0 aliphatic carbocycles. The molecule has 0 radical (unpaired) electrons. The Balaban J connectivity index is 0.00000108. The van der Waals surface area contributed by atoms with Crippen molar-refractivity contribution < 1.29 is 0 Å². The molecule has 0 amide bonds. The molecule has 0 saturated heterocycles. The first-order valence-electron chi connectivity index (χ1n) is 5.52. The van der Waals surface area contributed by atoms with Gasteiger partial charge in [0.05, 0.1) is 0 Å². The molecule has 1 nitrogen and oxygen atoms in total. The average Bonchev–Trinajstić information content (AvgIpc) is 2.72. The van der Waals surface area contributed by atoms with Gasteiger partial charge in [-0.05, 0) is 23.1 Å². The molecule has 3 aromatic rings.